The smallest absolute Gasteiger partial charge is 0.255 e. The predicted molar refractivity (Wildman–Crippen MR) is 86.2 cm³/mol. The van der Waals surface area contributed by atoms with Crippen molar-refractivity contribution in [2.75, 3.05) is 5.32 Å². The molecule has 21 heavy (non-hydrogen) atoms. The Hall–Kier alpha value is -2.27. The van der Waals surface area contributed by atoms with Gasteiger partial charge >= 0.3 is 0 Å². The van der Waals surface area contributed by atoms with Crippen LogP contribution in [0.15, 0.2) is 36.4 Å². The van der Waals surface area contributed by atoms with Gasteiger partial charge < -0.3 is 11.1 Å². The minimum absolute atomic E-state index is 0.0460. The number of hydrogen-bond donors (Lipinski definition) is 2. The van der Waals surface area contributed by atoms with E-state index in [2.05, 4.69) is 5.32 Å². The molecule has 0 atom stereocenters. The first kappa shape index (κ1) is 15.1. The molecule has 5 heteroatoms. The SMILES string of the molecule is Cc1ccc(C(=O)Nc2cccc(F)c2C(N)=S)cc1C. The van der Waals surface area contributed by atoms with Gasteiger partial charge in [0, 0.05) is 5.56 Å². The lowest BCUT2D eigenvalue weighted by molar-refractivity contribution is 0.102. The zero-order chi connectivity index (χ0) is 15.6. The van der Waals surface area contributed by atoms with Crippen molar-refractivity contribution >= 4 is 28.8 Å². The van der Waals surface area contributed by atoms with E-state index in [1.807, 2.05) is 19.9 Å². The van der Waals surface area contributed by atoms with Crippen molar-refractivity contribution in [1.29, 1.82) is 0 Å². The summed E-state index contributed by atoms with van der Waals surface area (Å²) in [5, 5.41) is 2.65. The van der Waals surface area contributed by atoms with E-state index >= 15 is 0 Å². The van der Waals surface area contributed by atoms with E-state index in [4.69, 9.17) is 18.0 Å². The van der Waals surface area contributed by atoms with Crippen LogP contribution in [0, 0.1) is 19.7 Å². The molecular formula is C16H15FN2OS. The maximum absolute atomic E-state index is 13.8. The minimum Gasteiger partial charge on any atom is -0.389 e. The largest absolute Gasteiger partial charge is 0.389 e. The molecule has 0 spiro atoms. The molecule has 2 aromatic rings. The highest BCUT2D eigenvalue weighted by atomic mass is 32.1. The first-order valence-corrected chi connectivity index (χ1v) is 6.78. The molecule has 0 aromatic heterocycles. The Balaban J connectivity index is 2.34. The van der Waals surface area contributed by atoms with Crippen molar-refractivity contribution in [3.8, 4) is 0 Å². The van der Waals surface area contributed by atoms with E-state index in [9.17, 15) is 9.18 Å². The Bertz CT molecular complexity index is 728. The first-order chi connectivity index (χ1) is 9.90. The topological polar surface area (TPSA) is 55.1 Å². The number of nitrogens with two attached hydrogens (primary N) is 1. The highest BCUT2D eigenvalue weighted by molar-refractivity contribution is 7.80. The van der Waals surface area contributed by atoms with Gasteiger partial charge in [0.05, 0.1) is 11.3 Å². The van der Waals surface area contributed by atoms with Gasteiger partial charge in [-0.1, -0.05) is 24.4 Å². The van der Waals surface area contributed by atoms with Crippen LogP contribution >= 0.6 is 12.2 Å². The van der Waals surface area contributed by atoms with Crippen LogP contribution in [-0.2, 0) is 0 Å². The number of benzene rings is 2. The van der Waals surface area contributed by atoms with Gasteiger partial charge in [0.2, 0.25) is 0 Å². The Morgan fingerprint density at radius 3 is 2.52 bits per heavy atom. The molecule has 0 aliphatic heterocycles. The molecule has 0 unspecified atom stereocenters. The van der Waals surface area contributed by atoms with Crippen LogP contribution in [0.3, 0.4) is 0 Å². The Morgan fingerprint density at radius 2 is 1.90 bits per heavy atom. The standard InChI is InChI=1S/C16H15FN2OS/c1-9-6-7-11(8-10(9)2)16(20)19-13-5-3-4-12(17)14(13)15(18)21/h3-8H,1-2H3,(H2,18,21)(H,19,20). The number of carbonyl (C=O) groups is 1. The fourth-order valence-electron chi connectivity index (χ4n) is 1.96. The molecule has 0 aliphatic rings. The van der Waals surface area contributed by atoms with Crippen LogP contribution < -0.4 is 11.1 Å². The van der Waals surface area contributed by atoms with Crippen LogP contribution in [0.5, 0.6) is 0 Å². The lowest BCUT2D eigenvalue weighted by Gasteiger charge is -2.11. The van der Waals surface area contributed by atoms with E-state index in [-0.39, 0.29) is 22.1 Å². The third-order valence-electron chi connectivity index (χ3n) is 3.28. The number of aryl methyl sites for hydroxylation is 2. The van der Waals surface area contributed by atoms with Crippen molar-refractivity contribution in [2.45, 2.75) is 13.8 Å². The average molecular weight is 302 g/mol. The van der Waals surface area contributed by atoms with E-state index in [1.54, 1.807) is 18.2 Å². The fourth-order valence-corrected chi connectivity index (χ4v) is 2.16. The Labute approximate surface area is 128 Å². The molecule has 3 nitrogen and oxygen atoms in total. The third-order valence-corrected chi connectivity index (χ3v) is 3.48. The predicted octanol–water partition coefficient (Wildman–Crippen LogP) is 3.33. The second-order valence-corrected chi connectivity index (χ2v) is 5.22. The van der Waals surface area contributed by atoms with Gasteiger partial charge in [-0.25, -0.2) is 4.39 Å². The molecule has 3 N–H and O–H groups in total. The maximum atomic E-state index is 13.8. The number of hydrogen-bond acceptors (Lipinski definition) is 2. The van der Waals surface area contributed by atoms with Crippen molar-refractivity contribution in [2.24, 2.45) is 5.73 Å². The Morgan fingerprint density at radius 1 is 1.19 bits per heavy atom. The fraction of sp³-hybridized carbons (Fsp3) is 0.125. The molecule has 0 radical (unpaired) electrons. The third kappa shape index (κ3) is 3.25. The zero-order valence-corrected chi connectivity index (χ0v) is 12.6. The van der Waals surface area contributed by atoms with Crippen molar-refractivity contribution < 1.29 is 9.18 Å². The summed E-state index contributed by atoms with van der Waals surface area (Å²) in [6, 6.07) is 9.68. The molecular weight excluding hydrogens is 287 g/mol. The lowest BCUT2D eigenvalue weighted by Crippen LogP contribution is -2.19. The number of amides is 1. The molecule has 0 heterocycles. The van der Waals surface area contributed by atoms with Gasteiger partial charge in [0.15, 0.2) is 0 Å². The molecule has 0 fully saturated rings. The van der Waals surface area contributed by atoms with E-state index < -0.39 is 5.82 Å². The van der Waals surface area contributed by atoms with Gasteiger partial charge in [-0.3, -0.25) is 4.79 Å². The van der Waals surface area contributed by atoms with E-state index in [0.29, 0.717) is 5.56 Å². The highest BCUT2D eigenvalue weighted by Gasteiger charge is 2.14. The number of carbonyl (C=O) groups excluding carboxylic acids is 1. The number of thiocarbonyl (C=S) groups is 1. The van der Waals surface area contributed by atoms with Gasteiger partial charge in [-0.05, 0) is 49.2 Å². The summed E-state index contributed by atoms with van der Waals surface area (Å²) in [6.07, 6.45) is 0. The van der Waals surface area contributed by atoms with E-state index in [1.165, 1.54) is 12.1 Å². The van der Waals surface area contributed by atoms with Crippen LogP contribution in [0.25, 0.3) is 0 Å². The van der Waals surface area contributed by atoms with Crippen LogP contribution in [0.1, 0.15) is 27.0 Å². The second kappa shape index (κ2) is 6.01. The highest BCUT2D eigenvalue weighted by Crippen LogP contribution is 2.20. The van der Waals surface area contributed by atoms with Crippen LogP contribution in [0.2, 0.25) is 0 Å². The maximum Gasteiger partial charge on any atom is 0.255 e. The quantitative estimate of drug-likeness (QED) is 0.855. The second-order valence-electron chi connectivity index (χ2n) is 4.78. The molecule has 1 amide bonds. The number of rotatable bonds is 3. The molecule has 0 bridgehead atoms. The lowest BCUT2D eigenvalue weighted by atomic mass is 10.1. The molecule has 2 aromatic carbocycles. The molecule has 2 rings (SSSR count). The van der Waals surface area contributed by atoms with Crippen LogP contribution in [0.4, 0.5) is 10.1 Å². The monoisotopic (exact) mass is 302 g/mol. The summed E-state index contributed by atoms with van der Waals surface area (Å²) in [5.74, 6) is -0.887. The van der Waals surface area contributed by atoms with Gasteiger partial charge in [-0.15, -0.1) is 0 Å². The number of anilines is 1. The van der Waals surface area contributed by atoms with Gasteiger partial charge in [0.25, 0.3) is 5.91 Å². The summed E-state index contributed by atoms with van der Waals surface area (Å²) in [4.78, 5) is 12.2. The zero-order valence-electron chi connectivity index (χ0n) is 11.7. The van der Waals surface area contributed by atoms with Crippen LogP contribution in [-0.4, -0.2) is 10.9 Å². The molecule has 108 valence electrons. The van der Waals surface area contributed by atoms with Crippen molar-refractivity contribution in [1.82, 2.24) is 0 Å². The average Bonchev–Trinajstić information content (AvgIpc) is 2.41. The van der Waals surface area contributed by atoms with Crippen molar-refractivity contribution in [3.05, 3.63) is 64.5 Å². The summed E-state index contributed by atoms with van der Waals surface area (Å²) in [5.41, 5.74) is 8.43. The first-order valence-electron chi connectivity index (χ1n) is 6.37. The molecule has 0 aliphatic carbocycles. The van der Waals surface area contributed by atoms with E-state index in [0.717, 1.165) is 11.1 Å². The summed E-state index contributed by atoms with van der Waals surface area (Å²) in [7, 11) is 0. The number of nitrogens with one attached hydrogen (secondary N) is 1. The minimum atomic E-state index is -0.555. The molecule has 0 saturated carbocycles. The van der Waals surface area contributed by atoms with Gasteiger partial charge in [-0.2, -0.15) is 0 Å². The normalized spacial score (nSPS) is 10.2. The summed E-state index contributed by atoms with van der Waals surface area (Å²) < 4.78 is 13.8. The molecule has 0 saturated heterocycles. The summed E-state index contributed by atoms with van der Waals surface area (Å²) >= 11 is 4.83. The Kier molecular flexibility index (Phi) is 4.33. The number of halogens is 1. The van der Waals surface area contributed by atoms with Crippen molar-refractivity contribution in [3.63, 3.8) is 0 Å². The summed E-state index contributed by atoms with van der Waals surface area (Å²) in [6.45, 7) is 3.89. The van der Waals surface area contributed by atoms with Gasteiger partial charge in [0.1, 0.15) is 10.8 Å².